The minimum absolute atomic E-state index is 0.365. The van der Waals surface area contributed by atoms with Crippen LogP contribution in [0.4, 0.5) is 0 Å². The van der Waals surface area contributed by atoms with Crippen LogP contribution >= 0.6 is 0 Å². The number of aliphatic hydroxyl groups excluding tert-OH is 4. The molecule has 0 fully saturated rings. The van der Waals surface area contributed by atoms with Crippen LogP contribution < -0.4 is 16.6 Å². The summed E-state index contributed by atoms with van der Waals surface area (Å²) >= 11 is 0. The maximum atomic E-state index is 10.4. The minimum Gasteiger partial charge on any atom is -0.394 e. The van der Waals surface area contributed by atoms with Crippen LogP contribution in [0.2, 0.25) is 0 Å². The van der Waals surface area contributed by atoms with E-state index in [1.54, 1.807) is 6.92 Å². The Bertz CT molecular complexity index is 528. The molecule has 0 bridgehead atoms. The fourth-order valence-corrected chi connectivity index (χ4v) is 1.46. The minimum atomic E-state index is -1.55. The van der Waals surface area contributed by atoms with Gasteiger partial charge in [-0.1, -0.05) is 0 Å². The van der Waals surface area contributed by atoms with Gasteiger partial charge in [0.05, 0.1) is 12.6 Å². The smallest absolute Gasteiger partial charge is 0.325 e. The number of carbonyl (C=O) groups is 1. The molecule has 0 saturated heterocycles. The molecule has 22 heavy (non-hydrogen) atoms. The van der Waals surface area contributed by atoms with Gasteiger partial charge in [0.15, 0.2) is 0 Å². The van der Waals surface area contributed by atoms with Crippen molar-refractivity contribution in [3.63, 3.8) is 0 Å². The van der Waals surface area contributed by atoms with Gasteiger partial charge >= 0.3 is 5.69 Å². The number of hydrogen-bond donors (Lipinski definition) is 7. The average Bonchev–Trinajstić information content (AvgIpc) is 2.45. The van der Waals surface area contributed by atoms with E-state index in [9.17, 15) is 19.5 Å². The van der Waals surface area contributed by atoms with Crippen LogP contribution in [-0.4, -0.2) is 74.7 Å². The van der Waals surface area contributed by atoms with Gasteiger partial charge in [-0.25, -0.2) is 4.79 Å². The lowest BCUT2D eigenvalue weighted by Crippen LogP contribution is -2.51. The van der Waals surface area contributed by atoms with Crippen LogP contribution in [0.3, 0.4) is 0 Å². The number of aryl methyl sites for hydroxylation is 1. The summed E-state index contributed by atoms with van der Waals surface area (Å²) in [4.78, 5) is 35.6. The van der Waals surface area contributed by atoms with E-state index < -0.39 is 36.7 Å². The number of aromatic amines is 2. The number of carbonyl (C=O) groups excluding carboxylic acids is 1. The Hall–Kier alpha value is -1.85. The Morgan fingerprint density at radius 1 is 1.23 bits per heavy atom. The zero-order chi connectivity index (χ0) is 17.3. The molecule has 0 aliphatic carbocycles. The van der Waals surface area contributed by atoms with Gasteiger partial charge in [-0.15, -0.1) is 0 Å². The van der Waals surface area contributed by atoms with Crippen molar-refractivity contribution in [3.8, 4) is 0 Å². The molecule has 0 aliphatic heterocycles. The zero-order valence-electron chi connectivity index (χ0n) is 12.2. The highest BCUT2D eigenvalue weighted by Crippen LogP contribution is 2.03. The van der Waals surface area contributed by atoms with Gasteiger partial charge in [-0.05, 0) is 14.0 Å². The number of hydrogen-bond acceptors (Lipinski definition) is 8. The van der Waals surface area contributed by atoms with Crippen molar-refractivity contribution in [3.05, 3.63) is 32.6 Å². The molecule has 1 heterocycles. The van der Waals surface area contributed by atoms with E-state index in [1.807, 2.05) is 4.98 Å². The molecule has 0 saturated carbocycles. The first-order valence-corrected chi connectivity index (χ1v) is 6.34. The van der Waals surface area contributed by atoms with Gasteiger partial charge in [0, 0.05) is 11.8 Å². The first-order valence-electron chi connectivity index (χ1n) is 6.34. The standard InChI is InChI=1S/C7H15NO5.C5H6N2O2/c1-8-4(2-9)6(12)7(13)5(11)3-10;1-3-2-4(8)7-5(9)6-3/h2,4-8,10-13H,3H2,1H3;2H,1H3,(H2,6,7,8,9)/t4-,5+,6+,7+;/m0./s1. The number of aliphatic hydroxyl groups is 4. The van der Waals surface area contributed by atoms with Gasteiger partial charge in [-0.2, -0.15) is 0 Å². The lowest BCUT2D eigenvalue weighted by molar-refractivity contribution is -0.119. The van der Waals surface area contributed by atoms with Crippen molar-refractivity contribution >= 4 is 6.29 Å². The topological polar surface area (TPSA) is 176 Å². The number of H-pyrrole nitrogens is 2. The van der Waals surface area contributed by atoms with Gasteiger partial charge < -0.3 is 35.5 Å². The predicted octanol–water partition coefficient (Wildman–Crippen LogP) is -3.78. The summed E-state index contributed by atoms with van der Waals surface area (Å²) in [5, 5.41) is 38.2. The number of nitrogens with one attached hydrogen (secondary N) is 3. The van der Waals surface area contributed by atoms with Crippen LogP contribution in [0.25, 0.3) is 0 Å². The molecule has 4 atom stereocenters. The molecule has 0 aliphatic rings. The van der Waals surface area contributed by atoms with Crippen LogP contribution in [0.15, 0.2) is 15.7 Å². The molecule has 1 rings (SSSR count). The van der Waals surface area contributed by atoms with E-state index >= 15 is 0 Å². The van der Waals surface area contributed by atoms with E-state index in [0.717, 1.165) is 0 Å². The maximum absolute atomic E-state index is 10.4. The molecular formula is C12H21N3O7. The summed E-state index contributed by atoms with van der Waals surface area (Å²) in [7, 11) is 1.43. The van der Waals surface area contributed by atoms with Crippen LogP contribution in [0.1, 0.15) is 5.69 Å². The summed E-state index contributed by atoms with van der Waals surface area (Å²) in [6, 6.07) is 0.359. The van der Waals surface area contributed by atoms with Crippen LogP contribution in [0, 0.1) is 6.92 Å². The molecular weight excluding hydrogens is 298 g/mol. The van der Waals surface area contributed by atoms with Gasteiger partial charge in [0.2, 0.25) is 0 Å². The van der Waals surface area contributed by atoms with Crippen LogP contribution in [0.5, 0.6) is 0 Å². The average molecular weight is 319 g/mol. The van der Waals surface area contributed by atoms with E-state index in [2.05, 4.69) is 10.3 Å². The fraction of sp³-hybridized carbons (Fsp3) is 0.583. The second-order valence-corrected chi connectivity index (χ2v) is 4.45. The van der Waals surface area contributed by atoms with Crippen molar-refractivity contribution in [2.24, 2.45) is 0 Å². The third-order valence-electron chi connectivity index (χ3n) is 2.67. The van der Waals surface area contributed by atoms with Crippen molar-refractivity contribution in [2.75, 3.05) is 13.7 Å². The Kier molecular flexibility index (Phi) is 9.13. The van der Waals surface area contributed by atoms with E-state index in [4.69, 9.17) is 15.3 Å². The molecule has 0 amide bonds. The van der Waals surface area contributed by atoms with Gasteiger partial charge in [0.25, 0.3) is 5.56 Å². The van der Waals surface area contributed by atoms with Crippen molar-refractivity contribution in [2.45, 2.75) is 31.3 Å². The maximum Gasteiger partial charge on any atom is 0.325 e. The van der Waals surface area contributed by atoms with Crippen molar-refractivity contribution in [1.82, 2.24) is 15.3 Å². The Labute approximate surface area is 125 Å². The zero-order valence-corrected chi connectivity index (χ0v) is 12.2. The largest absolute Gasteiger partial charge is 0.394 e. The van der Waals surface area contributed by atoms with E-state index in [-0.39, 0.29) is 5.56 Å². The number of aldehydes is 1. The second kappa shape index (κ2) is 9.97. The highest BCUT2D eigenvalue weighted by molar-refractivity contribution is 5.58. The summed E-state index contributed by atoms with van der Waals surface area (Å²) in [5.41, 5.74) is -0.250. The summed E-state index contributed by atoms with van der Waals surface area (Å²) < 4.78 is 0. The first-order chi connectivity index (χ1) is 10.3. The first kappa shape index (κ1) is 20.1. The Morgan fingerprint density at radius 2 is 1.82 bits per heavy atom. The quantitative estimate of drug-likeness (QED) is 0.261. The summed E-state index contributed by atoms with van der Waals surface area (Å²) in [6.45, 7) is 0.976. The molecule has 0 aromatic carbocycles. The van der Waals surface area contributed by atoms with E-state index in [1.165, 1.54) is 13.1 Å². The Balaban J connectivity index is 0.000000425. The summed E-state index contributed by atoms with van der Waals surface area (Å²) in [6.07, 6.45) is -4.03. The lowest BCUT2D eigenvalue weighted by atomic mass is 10.0. The molecule has 1 aromatic heterocycles. The number of likely N-dealkylation sites (N-methyl/N-ethyl adjacent to an activating group) is 1. The number of rotatable bonds is 6. The molecule has 10 heteroatoms. The van der Waals surface area contributed by atoms with E-state index in [0.29, 0.717) is 12.0 Å². The highest BCUT2D eigenvalue weighted by atomic mass is 16.4. The Morgan fingerprint density at radius 3 is 2.18 bits per heavy atom. The highest BCUT2D eigenvalue weighted by Gasteiger charge is 2.29. The van der Waals surface area contributed by atoms with Crippen molar-refractivity contribution < 1.29 is 25.2 Å². The third-order valence-corrected chi connectivity index (χ3v) is 2.67. The SMILES string of the molecule is CN[C@@H](C=O)[C@@H](O)[C@H](O)[C@H](O)CO.Cc1cc(=O)[nH]c(=O)[nH]1. The molecule has 0 spiro atoms. The molecule has 7 N–H and O–H groups in total. The number of aromatic nitrogens is 2. The third kappa shape index (κ3) is 6.74. The fourth-order valence-electron chi connectivity index (χ4n) is 1.46. The summed E-state index contributed by atoms with van der Waals surface area (Å²) in [5.74, 6) is 0. The van der Waals surface area contributed by atoms with Crippen molar-refractivity contribution in [1.29, 1.82) is 0 Å². The molecule has 126 valence electrons. The normalized spacial score (nSPS) is 15.9. The van der Waals surface area contributed by atoms with Crippen LogP contribution in [-0.2, 0) is 4.79 Å². The predicted molar refractivity (Wildman–Crippen MR) is 76.4 cm³/mol. The molecule has 0 unspecified atom stereocenters. The molecule has 0 radical (unpaired) electrons. The van der Waals surface area contributed by atoms with Gasteiger partial charge in [-0.3, -0.25) is 9.78 Å². The van der Waals surface area contributed by atoms with Gasteiger partial charge in [0.1, 0.15) is 24.6 Å². The second-order valence-electron chi connectivity index (χ2n) is 4.45. The monoisotopic (exact) mass is 319 g/mol. The molecule has 1 aromatic rings. The lowest BCUT2D eigenvalue weighted by Gasteiger charge is -2.25. The molecule has 10 nitrogen and oxygen atoms in total.